The summed E-state index contributed by atoms with van der Waals surface area (Å²) in [5.74, 6) is 2.97. The third kappa shape index (κ3) is 2.71. The minimum atomic E-state index is -0.0919. The van der Waals surface area contributed by atoms with Gasteiger partial charge in [0.05, 0.1) is 5.69 Å². The van der Waals surface area contributed by atoms with Gasteiger partial charge < -0.3 is 14.1 Å². The van der Waals surface area contributed by atoms with Crippen molar-refractivity contribution < 1.29 is 13.9 Å². The first-order chi connectivity index (χ1) is 11.7. The molecule has 1 aliphatic heterocycles. The van der Waals surface area contributed by atoms with Crippen LogP contribution in [-0.4, -0.2) is 51.2 Å². The number of likely N-dealkylation sites (tertiary alicyclic amines) is 1. The van der Waals surface area contributed by atoms with E-state index in [2.05, 4.69) is 20.2 Å². The minimum Gasteiger partial charge on any atom is -0.438 e. The highest BCUT2D eigenvalue weighted by Gasteiger charge is 2.46. The summed E-state index contributed by atoms with van der Waals surface area (Å²) in [6.07, 6.45) is 3.76. The van der Waals surface area contributed by atoms with E-state index in [1.54, 1.807) is 14.0 Å². The van der Waals surface area contributed by atoms with Gasteiger partial charge >= 0.3 is 0 Å². The summed E-state index contributed by atoms with van der Waals surface area (Å²) in [4.78, 5) is 23.2. The van der Waals surface area contributed by atoms with Crippen LogP contribution in [0.15, 0.2) is 10.8 Å². The SMILES string of the molecule is COCc1nc([C@H]2CN(C(=O)c3ocnc3C)C[C@@H]2C2CC2)n[nH]1. The quantitative estimate of drug-likeness (QED) is 0.892. The number of carbonyl (C=O) groups is 1. The summed E-state index contributed by atoms with van der Waals surface area (Å²) in [7, 11) is 1.63. The Hall–Kier alpha value is -2.22. The van der Waals surface area contributed by atoms with Crippen molar-refractivity contribution >= 4 is 5.91 Å². The summed E-state index contributed by atoms with van der Waals surface area (Å²) >= 11 is 0. The molecule has 1 saturated heterocycles. The van der Waals surface area contributed by atoms with Gasteiger partial charge in [-0.25, -0.2) is 9.97 Å². The van der Waals surface area contributed by atoms with Gasteiger partial charge in [-0.2, -0.15) is 5.10 Å². The van der Waals surface area contributed by atoms with Crippen molar-refractivity contribution in [2.24, 2.45) is 11.8 Å². The van der Waals surface area contributed by atoms with Crippen LogP contribution in [0.25, 0.3) is 0 Å². The van der Waals surface area contributed by atoms with Crippen LogP contribution in [0.2, 0.25) is 0 Å². The largest absolute Gasteiger partial charge is 0.438 e. The van der Waals surface area contributed by atoms with Crippen LogP contribution in [0.3, 0.4) is 0 Å². The van der Waals surface area contributed by atoms with Crippen LogP contribution in [0.5, 0.6) is 0 Å². The van der Waals surface area contributed by atoms with Crippen LogP contribution in [0.4, 0.5) is 0 Å². The van der Waals surface area contributed by atoms with Crippen molar-refractivity contribution in [1.82, 2.24) is 25.1 Å². The van der Waals surface area contributed by atoms with E-state index in [0.29, 0.717) is 36.4 Å². The number of methoxy groups -OCH3 is 1. The Kier molecular flexibility index (Phi) is 3.84. The molecule has 2 aromatic rings. The molecule has 8 nitrogen and oxygen atoms in total. The second-order valence-electron chi connectivity index (χ2n) is 6.66. The number of hydrogen-bond donors (Lipinski definition) is 1. The molecule has 0 unspecified atom stereocenters. The number of carbonyl (C=O) groups excluding carboxylic acids is 1. The number of rotatable bonds is 5. The highest BCUT2D eigenvalue weighted by atomic mass is 16.5. The van der Waals surface area contributed by atoms with Gasteiger partial charge in [-0.05, 0) is 31.6 Å². The van der Waals surface area contributed by atoms with Gasteiger partial charge in [0, 0.05) is 26.1 Å². The molecule has 1 amide bonds. The lowest BCUT2D eigenvalue weighted by Gasteiger charge is -2.14. The van der Waals surface area contributed by atoms with Crippen molar-refractivity contribution in [3.63, 3.8) is 0 Å². The second-order valence-corrected chi connectivity index (χ2v) is 6.66. The minimum absolute atomic E-state index is 0.0919. The van der Waals surface area contributed by atoms with Gasteiger partial charge in [0.25, 0.3) is 5.91 Å². The zero-order valence-corrected chi connectivity index (χ0v) is 13.9. The molecule has 128 valence electrons. The number of nitrogens with zero attached hydrogens (tertiary/aromatic N) is 4. The highest BCUT2D eigenvalue weighted by Crippen LogP contribution is 2.47. The Labute approximate surface area is 139 Å². The summed E-state index contributed by atoms with van der Waals surface area (Å²) in [5, 5.41) is 7.29. The molecule has 0 bridgehead atoms. The van der Waals surface area contributed by atoms with Crippen LogP contribution in [-0.2, 0) is 11.3 Å². The smallest absolute Gasteiger partial charge is 0.291 e. The average molecular weight is 331 g/mol. The van der Waals surface area contributed by atoms with Crippen LogP contribution >= 0.6 is 0 Å². The number of nitrogens with one attached hydrogen (secondary N) is 1. The lowest BCUT2D eigenvalue weighted by Crippen LogP contribution is -2.29. The number of aromatic nitrogens is 4. The number of aryl methyl sites for hydroxylation is 1. The molecule has 8 heteroatoms. The van der Waals surface area contributed by atoms with Gasteiger partial charge in [0.15, 0.2) is 18.0 Å². The fraction of sp³-hybridized carbons (Fsp3) is 0.625. The molecular weight excluding hydrogens is 310 g/mol. The van der Waals surface area contributed by atoms with Crippen LogP contribution in [0, 0.1) is 18.8 Å². The lowest BCUT2D eigenvalue weighted by molar-refractivity contribution is 0.0752. The molecule has 2 fully saturated rings. The zero-order chi connectivity index (χ0) is 16.7. The molecule has 1 N–H and O–H groups in total. The van der Waals surface area contributed by atoms with E-state index < -0.39 is 0 Å². The number of aromatic amines is 1. The zero-order valence-electron chi connectivity index (χ0n) is 13.9. The first-order valence-electron chi connectivity index (χ1n) is 8.27. The summed E-state index contributed by atoms with van der Waals surface area (Å²) < 4.78 is 10.4. The Balaban J connectivity index is 1.55. The van der Waals surface area contributed by atoms with E-state index in [0.717, 1.165) is 18.2 Å². The van der Waals surface area contributed by atoms with E-state index >= 15 is 0 Å². The fourth-order valence-corrected chi connectivity index (χ4v) is 3.60. The third-order valence-electron chi connectivity index (χ3n) is 4.98. The first-order valence-corrected chi connectivity index (χ1v) is 8.27. The van der Waals surface area contributed by atoms with Crippen LogP contribution < -0.4 is 0 Å². The Morgan fingerprint density at radius 2 is 2.29 bits per heavy atom. The van der Waals surface area contributed by atoms with E-state index in [-0.39, 0.29) is 11.8 Å². The Bertz CT molecular complexity index is 736. The summed E-state index contributed by atoms with van der Waals surface area (Å²) in [5.41, 5.74) is 0.631. The molecule has 0 aromatic carbocycles. The van der Waals surface area contributed by atoms with Crippen molar-refractivity contribution in [3.8, 4) is 0 Å². The fourth-order valence-electron chi connectivity index (χ4n) is 3.60. The number of ether oxygens (including phenoxy) is 1. The van der Waals surface area contributed by atoms with E-state index in [9.17, 15) is 4.79 Å². The van der Waals surface area contributed by atoms with E-state index in [1.165, 1.54) is 19.2 Å². The Morgan fingerprint density at radius 3 is 2.96 bits per heavy atom. The predicted molar refractivity (Wildman–Crippen MR) is 83.2 cm³/mol. The molecule has 3 heterocycles. The molecule has 4 rings (SSSR count). The van der Waals surface area contributed by atoms with Gasteiger partial charge in [-0.15, -0.1) is 0 Å². The van der Waals surface area contributed by atoms with Crippen molar-refractivity contribution in [3.05, 3.63) is 29.5 Å². The average Bonchev–Trinajstić information content (AvgIpc) is 2.99. The maximum absolute atomic E-state index is 12.7. The molecule has 1 aliphatic carbocycles. The van der Waals surface area contributed by atoms with Crippen molar-refractivity contribution in [2.45, 2.75) is 32.3 Å². The van der Waals surface area contributed by atoms with Gasteiger partial charge in [0.2, 0.25) is 5.76 Å². The number of amides is 1. The third-order valence-corrected chi connectivity index (χ3v) is 4.98. The van der Waals surface area contributed by atoms with Crippen molar-refractivity contribution in [2.75, 3.05) is 20.2 Å². The van der Waals surface area contributed by atoms with Gasteiger partial charge in [-0.1, -0.05) is 0 Å². The normalized spacial score (nSPS) is 23.8. The van der Waals surface area contributed by atoms with Gasteiger partial charge in [0.1, 0.15) is 6.61 Å². The van der Waals surface area contributed by atoms with E-state index in [4.69, 9.17) is 9.15 Å². The number of H-pyrrole nitrogens is 1. The molecule has 2 atom stereocenters. The monoisotopic (exact) mass is 331 g/mol. The maximum Gasteiger partial charge on any atom is 0.291 e. The molecule has 2 aromatic heterocycles. The molecule has 2 aliphatic rings. The highest BCUT2D eigenvalue weighted by molar-refractivity contribution is 5.92. The standard InChI is InChI=1S/C16H21N5O3/c1-9-14(24-8-17-9)16(22)21-5-11(10-3-4-10)12(6-21)15-18-13(7-23-2)19-20-15/h8,10-12H,3-7H2,1-2H3,(H,18,19,20)/t11-,12+/m1/s1. The molecule has 0 radical (unpaired) electrons. The number of hydrogen-bond acceptors (Lipinski definition) is 6. The molecule has 1 saturated carbocycles. The van der Waals surface area contributed by atoms with Crippen LogP contribution in [0.1, 0.15) is 46.7 Å². The first kappa shape index (κ1) is 15.3. The van der Waals surface area contributed by atoms with E-state index in [1.807, 2.05) is 4.90 Å². The lowest BCUT2D eigenvalue weighted by atomic mass is 9.91. The second kappa shape index (κ2) is 6.01. The number of oxazole rings is 1. The molecule has 0 spiro atoms. The maximum atomic E-state index is 12.7. The molecular formula is C16H21N5O3. The molecule has 24 heavy (non-hydrogen) atoms. The van der Waals surface area contributed by atoms with Crippen molar-refractivity contribution in [1.29, 1.82) is 0 Å². The Morgan fingerprint density at radius 1 is 1.46 bits per heavy atom. The summed E-state index contributed by atoms with van der Waals surface area (Å²) in [6.45, 7) is 3.54. The van der Waals surface area contributed by atoms with Gasteiger partial charge in [-0.3, -0.25) is 9.89 Å². The predicted octanol–water partition coefficient (Wildman–Crippen LogP) is 1.51. The topological polar surface area (TPSA) is 97.1 Å². The summed E-state index contributed by atoms with van der Waals surface area (Å²) in [6, 6.07) is 0.